The summed E-state index contributed by atoms with van der Waals surface area (Å²) in [5.41, 5.74) is 0.730. The van der Waals surface area contributed by atoms with Crippen LogP contribution >= 0.6 is 0 Å². The van der Waals surface area contributed by atoms with Crippen LogP contribution in [0.1, 0.15) is 24.2 Å². The fraction of sp³-hybridized carbons (Fsp3) is 0.467. The summed E-state index contributed by atoms with van der Waals surface area (Å²) >= 11 is 0. The van der Waals surface area contributed by atoms with Crippen molar-refractivity contribution in [1.29, 1.82) is 0 Å². The molecule has 1 heterocycles. The molecule has 0 unspecified atom stereocenters. The van der Waals surface area contributed by atoms with E-state index in [1.807, 2.05) is 14.1 Å². The molecule has 0 aliphatic heterocycles. The molecule has 21 heavy (non-hydrogen) atoms. The van der Waals surface area contributed by atoms with Crippen LogP contribution in [0.25, 0.3) is 11.0 Å². The molecule has 0 saturated carbocycles. The molecule has 0 saturated heterocycles. The first-order chi connectivity index (χ1) is 9.71. The largest absolute Gasteiger partial charge is 0.478 e. The van der Waals surface area contributed by atoms with Gasteiger partial charge in [-0.1, -0.05) is 19.9 Å². The van der Waals surface area contributed by atoms with Gasteiger partial charge < -0.3 is 15.0 Å². The third-order valence-corrected chi connectivity index (χ3v) is 3.35. The van der Waals surface area contributed by atoms with E-state index in [0.29, 0.717) is 17.6 Å². The Morgan fingerprint density at radius 3 is 2.62 bits per heavy atom. The summed E-state index contributed by atoms with van der Waals surface area (Å²) in [6.07, 6.45) is 0. The summed E-state index contributed by atoms with van der Waals surface area (Å²) in [4.78, 5) is 28.3. The number of carbonyl (C=O) groups is 1. The van der Waals surface area contributed by atoms with Gasteiger partial charge in [-0.3, -0.25) is 4.57 Å². The van der Waals surface area contributed by atoms with E-state index in [4.69, 9.17) is 0 Å². The summed E-state index contributed by atoms with van der Waals surface area (Å²) in [5, 5.41) is 9.32. The lowest BCUT2D eigenvalue weighted by atomic mass is 9.92. The van der Waals surface area contributed by atoms with E-state index in [0.717, 1.165) is 6.54 Å². The van der Waals surface area contributed by atoms with Gasteiger partial charge in [0, 0.05) is 13.1 Å². The van der Waals surface area contributed by atoms with Crippen molar-refractivity contribution < 1.29 is 9.90 Å². The molecule has 0 aliphatic carbocycles. The number of benzene rings is 1. The van der Waals surface area contributed by atoms with Gasteiger partial charge in [0.15, 0.2) is 0 Å². The summed E-state index contributed by atoms with van der Waals surface area (Å²) in [6, 6.07) is 4.88. The second kappa shape index (κ2) is 5.37. The lowest BCUT2D eigenvalue weighted by Crippen LogP contribution is -2.35. The van der Waals surface area contributed by atoms with Crippen LogP contribution in [0, 0.1) is 5.41 Å². The quantitative estimate of drug-likeness (QED) is 0.877. The monoisotopic (exact) mass is 291 g/mol. The van der Waals surface area contributed by atoms with Crippen LogP contribution in [-0.2, 0) is 6.54 Å². The number of carboxylic acid groups (broad SMARTS) is 1. The first-order valence-corrected chi connectivity index (χ1v) is 6.81. The summed E-state index contributed by atoms with van der Waals surface area (Å²) in [7, 11) is 3.95. The lowest BCUT2D eigenvalue weighted by molar-refractivity contribution is 0.0698. The Hall–Kier alpha value is -2.08. The van der Waals surface area contributed by atoms with Gasteiger partial charge >= 0.3 is 11.7 Å². The highest BCUT2D eigenvalue weighted by molar-refractivity contribution is 6.01. The van der Waals surface area contributed by atoms with Gasteiger partial charge in [0.1, 0.15) is 0 Å². The predicted molar refractivity (Wildman–Crippen MR) is 81.9 cm³/mol. The van der Waals surface area contributed by atoms with E-state index >= 15 is 0 Å². The van der Waals surface area contributed by atoms with Crippen molar-refractivity contribution in [2.45, 2.75) is 20.4 Å². The number of hydrogen-bond donors (Lipinski definition) is 2. The Balaban J connectivity index is 2.56. The molecule has 2 N–H and O–H groups in total. The zero-order valence-corrected chi connectivity index (χ0v) is 12.8. The van der Waals surface area contributed by atoms with Crippen LogP contribution < -0.4 is 5.69 Å². The van der Waals surface area contributed by atoms with E-state index in [-0.39, 0.29) is 16.7 Å². The molecule has 0 atom stereocenters. The highest BCUT2D eigenvalue weighted by Crippen LogP contribution is 2.23. The second-order valence-corrected chi connectivity index (χ2v) is 6.43. The minimum Gasteiger partial charge on any atom is -0.478 e. The third-order valence-electron chi connectivity index (χ3n) is 3.35. The average molecular weight is 291 g/mol. The van der Waals surface area contributed by atoms with E-state index in [1.54, 1.807) is 12.1 Å². The van der Waals surface area contributed by atoms with Gasteiger partial charge in [-0.25, -0.2) is 9.59 Å². The molecule has 1 aromatic heterocycles. The van der Waals surface area contributed by atoms with Gasteiger partial charge in [-0.05, 0) is 31.6 Å². The normalized spacial score (nSPS) is 12.2. The minimum atomic E-state index is -1.03. The molecule has 0 fully saturated rings. The number of aromatic carboxylic acids is 1. The van der Waals surface area contributed by atoms with Crippen LogP contribution in [-0.4, -0.2) is 46.2 Å². The molecule has 0 aliphatic rings. The number of para-hydroxylation sites is 1. The van der Waals surface area contributed by atoms with Crippen molar-refractivity contribution in [3.05, 3.63) is 34.2 Å². The van der Waals surface area contributed by atoms with Crippen LogP contribution in [0.5, 0.6) is 0 Å². The summed E-state index contributed by atoms with van der Waals surface area (Å²) in [5.74, 6) is -1.03. The number of carboxylic acids is 1. The van der Waals surface area contributed by atoms with Gasteiger partial charge in [-0.2, -0.15) is 0 Å². The van der Waals surface area contributed by atoms with Crippen LogP contribution in [0.2, 0.25) is 0 Å². The molecule has 2 aromatic rings. The molecular weight excluding hydrogens is 270 g/mol. The zero-order valence-electron chi connectivity index (χ0n) is 12.8. The Morgan fingerprint density at radius 2 is 2.05 bits per heavy atom. The maximum Gasteiger partial charge on any atom is 0.337 e. The van der Waals surface area contributed by atoms with E-state index < -0.39 is 5.97 Å². The number of rotatable bonds is 5. The minimum absolute atomic E-state index is 0.145. The van der Waals surface area contributed by atoms with Crippen molar-refractivity contribution in [2.24, 2.45) is 5.41 Å². The standard InChI is InChI=1S/C15H21N3O3/c1-15(2,8-17(3)4)9-18-12-10(13(19)20)6-5-7-11(12)16-14(18)21/h5-7H,8-9H2,1-4H3,(H,16,21)(H,19,20). The van der Waals surface area contributed by atoms with Gasteiger partial charge in [-0.15, -0.1) is 0 Å². The number of imidazole rings is 1. The number of H-pyrrole nitrogens is 1. The number of aromatic nitrogens is 2. The Labute approximate surface area is 123 Å². The molecule has 1 aromatic carbocycles. The van der Waals surface area contributed by atoms with Crippen LogP contribution in [0.3, 0.4) is 0 Å². The van der Waals surface area contributed by atoms with Crippen LogP contribution in [0.4, 0.5) is 0 Å². The molecule has 0 amide bonds. The molecule has 6 nitrogen and oxygen atoms in total. The Kier molecular flexibility index (Phi) is 3.91. The molecule has 0 bridgehead atoms. The zero-order chi connectivity index (χ0) is 15.8. The van der Waals surface area contributed by atoms with Crippen molar-refractivity contribution in [1.82, 2.24) is 14.5 Å². The fourth-order valence-corrected chi connectivity index (χ4v) is 2.88. The SMILES string of the molecule is CN(C)CC(C)(C)Cn1c(=O)[nH]c2cccc(C(=O)O)c21. The van der Waals surface area contributed by atoms with Gasteiger partial charge in [0.05, 0.1) is 16.6 Å². The highest BCUT2D eigenvalue weighted by Gasteiger charge is 2.24. The summed E-state index contributed by atoms with van der Waals surface area (Å²) < 4.78 is 1.53. The summed E-state index contributed by atoms with van der Waals surface area (Å²) in [6.45, 7) is 5.36. The first kappa shape index (κ1) is 15.3. The molecule has 0 radical (unpaired) electrons. The number of aromatic amines is 1. The van der Waals surface area contributed by atoms with Crippen molar-refractivity contribution in [3.63, 3.8) is 0 Å². The van der Waals surface area contributed by atoms with Crippen LogP contribution in [0.15, 0.2) is 23.0 Å². The second-order valence-electron chi connectivity index (χ2n) is 6.43. The molecular formula is C15H21N3O3. The maximum absolute atomic E-state index is 12.2. The molecule has 0 spiro atoms. The van der Waals surface area contributed by atoms with E-state index in [2.05, 4.69) is 23.7 Å². The Bertz CT molecular complexity index is 725. The Morgan fingerprint density at radius 1 is 1.38 bits per heavy atom. The molecule has 114 valence electrons. The maximum atomic E-state index is 12.2. The topological polar surface area (TPSA) is 78.3 Å². The van der Waals surface area contributed by atoms with Gasteiger partial charge in [0.25, 0.3) is 0 Å². The number of nitrogens with one attached hydrogen (secondary N) is 1. The predicted octanol–water partition coefficient (Wildman–Crippen LogP) is 1.62. The number of fused-ring (bicyclic) bond motifs is 1. The number of nitrogens with zero attached hydrogens (tertiary/aromatic N) is 2. The fourth-order valence-electron chi connectivity index (χ4n) is 2.88. The van der Waals surface area contributed by atoms with E-state index in [9.17, 15) is 14.7 Å². The van der Waals surface area contributed by atoms with Gasteiger partial charge in [0.2, 0.25) is 0 Å². The van der Waals surface area contributed by atoms with Crippen molar-refractivity contribution >= 4 is 17.0 Å². The molecule has 2 rings (SSSR count). The highest BCUT2D eigenvalue weighted by atomic mass is 16.4. The van der Waals surface area contributed by atoms with Crippen molar-refractivity contribution in [3.8, 4) is 0 Å². The van der Waals surface area contributed by atoms with E-state index in [1.165, 1.54) is 10.6 Å². The molecule has 6 heteroatoms. The first-order valence-electron chi connectivity index (χ1n) is 6.81. The van der Waals surface area contributed by atoms with Crippen molar-refractivity contribution in [2.75, 3.05) is 20.6 Å². The lowest BCUT2D eigenvalue weighted by Gasteiger charge is -2.28. The third kappa shape index (κ3) is 3.16. The smallest absolute Gasteiger partial charge is 0.337 e. The number of hydrogen-bond acceptors (Lipinski definition) is 3. The average Bonchev–Trinajstić information content (AvgIpc) is 2.63.